The van der Waals surface area contributed by atoms with Crippen LogP contribution in [0.4, 0.5) is 0 Å². The molecule has 1 aromatic heterocycles. The number of benzene rings is 2. The molecule has 2 heterocycles. The van der Waals surface area contributed by atoms with E-state index in [9.17, 15) is 14.4 Å². The lowest BCUT2D eigenvalue weighted by atomic mass is 10.00. The Kier molecular flexibility index (Phi) is 5.33. The number of amides is 1. The Labute approximate surface area is 166 Å². The van der Waals surface area contributed by atoms with Gasteiger partial charge in [0.2, 0.25) is 0 Å². The molecule has 0 bridgehead atoms. The van der Waals surface area contributed by atoms with Crippen molar-refractivity contribution in [3.8, 4) is 0 Å². The lowest BCUT2D eigenvalue weighted by molar-refractivity contribution is -0.152. The molecule has 0 spiro atoms. The van der Waals surface area contributed by atoms with Gasteiger partial charge in [-0.3, -0.25) is 14.4 Å². The van der Waals surface area contributed by atoms with Crippen molar-refractivity contribution in [2.75, 3.05) is 13.2 Å². The van der Waals surface area contributed by atoms with Crippen molar-refractivity contribution in [2.24, 2.45) is 0 Å². The summed E-state index contributed by atoms with van der Waals surface area (Å²) < 4.78 is 6.23. The van der Waals surface area contributed by atoms with Crippen LogP contribution in [0.2, 0.25) is 0 Å². The SMILES string of the molecule is O=C(CCn1nnc2ccccc2c1=O)OCC(=O)N1CCc2ccccc2C1. The zero-order chi connectivity index (χ0) is 20.2. The number of hydrogen-bond donors (Lipinski definition) is 0. The highest BCUT2D eigenvalue weighted by atomic mass is 16.5. The van der Waals surface area contributed by atoms with Crippen molar-refractivity contribution < 1.29 is 14.3 Å². The first-order chi connectivity index (χ1) is 14.1. The van der Waals surface area contributed by atoms with E-state index >= 15 is 0 Å². The summed E-state index contributed by atoms with van der Waals surface area (Å²) >= 11 is 0. The molecule has 1 aliphatic heterocycles. The molecule has 0 N–H and O–H groups in total. The first kappa shape index (κ1) is 18.8. The van der Waals surface area contributed by atoms with E-state index in [1.54, 1.807) is 29.2 Å². The maximum atomic E-state index is 12.4. The molecule has 0 atom stereocenters. The van der Waals surface area contributed by atoms with E-state index in [4.69, 9.17) is 4.74 Å². The first-order valence-corrected chi connectivity index (χ1v) is 9.44. The topological polar surface area (TPSA) is 94.4 Å². The molecule has 0 unspecified atom stereocenters. The number of aryl methyl sites for hydroxylation is 1. The van der Waals surface area contributed by atoms with Crippen molar-refractivity contribution in [1.29, 1.82) is 0 Å². The van der Waals surface area contributed by atoms with Crippen molar-refractivity contribution in [2.45, 2.75) is 25.9 Å². The van der Waals surface area contributed by atoms with Crippen LogP contribution in [0, 0.1) is 0 Å². The Morgan fingerprint density at radius 3 is 2.66 bits per heavy atom. The molecular formula is C21H20N4O4. The molecule has 8 nitrogen and oxygen atoms in total. The highest BCUT2D eigenvalue weighted by Gasteiger charge is 2.21. The van der Waals surface area contributed by atoms with Crippen molar-refractivity contribution in [1.82, 2.24) is 19.9 Å². The minimum atomic E-state index is -0.558. The summed E-state index contributed by atoms with van der Waals surface area (Å²) in [6.45, 7) is 0.865. The third-order valence-corrected chi connectivity index (χ3v) is 5.00. The number of nitrogens with zero attached hydrogens (tertiary/aromatic N) is 4. The van der Waals surface area contributed by atoms with Gasteiger partial charge in [-0.05, 0) is 29.7 Å². The molecule has 0 fully saturated rings. The molecule has 0 saturated heterocycles. The summed E-state index contributed by atoms with van der Waals surface area (Å²) in [7, 11) is 0. The Hall–Kier alpha value is -3.55. The third kappa shape index (κ3) is 4.16. The number of ether oxygens (including phenoxy) is 1. The van der Waals surface area contributed by atoms with Crippen LogP contribution in [0.25, 0.3) is 10.9 Å². The summed E-state index contributed by atoms with van der Waals surface area (Å²) in [5.41, 5.74) is 2.56. The number of esters is 1. The number of carbonyl (C=O) groups is 2. The van der Waals surface area contributed by atoms with Gasteiger partial charge in [0.15, 0.2) is 6.61 Å². The molecule has 1 amide bonds. The van der Waals surface area contributed by atoms with Gasteiger partial charge in [0.1, 0.15) is 5.52 Å². The Bertz CT molecular complexity index is 1120. The van der Waals surface area contributed by atoms with Gasteiger partial charge in [-0.25, -0.2) is 4.68 Å². The van der Waals surface area contributed by atoms with Crippen molar-refractivity contribution >= 4 is 22.8 Å². The fourth-order valence-electron chi connectivity index (χ4n) is 3.38. The van der Waals surface area contributed by atoms with E-state index in [1.165, 1.54) is 5.56 Å². The molecule has 3 aromatic rings. The highest BCUT2D eigenvalue weighted by Crippen LogP contribution is 2.18. The molecule has 29 heavy (non-hydrogen) atoms. The fraction of sp³-hybridized carbons (Fsp3) is 0.286. The zero-order valence-corrected chi connectivity index (χ0v) is 15.8. The average Bonchev–Trinajstić information content (AvgIpc) is 2.77. The molecule has 0 saturated carbocycles. The predicted octanol–water partition coefficient (Wildman–Crippen LogP) is 1.31. The summed E-state index contributed by atoms with van der Waals surface area (Å²) in [4.78, 5) is 38.4. The van der Waals surface area contributed by atoms with Gasteiger partial charge in [-0.1, -0.05) is 41.6 Å². The van der Waals surface area contributed by atoms with E-state index in [1.807, 2.05) is 18.2 Å². The largest absolute Gasteiger partial charge is 0.456 e. The molecule has 0 aliphatic carbocycles. The zero-order valence-electron chi connectivity index (χ0n) is 15.8. The third-order valence-electron chi connectivity index (χ3n) is 5.00. The van der Waals surface area contributed by atoms with Crippen LogP contribution in [0.3, 0.4) is 0 Å². The van der Waals surface area contributed by atoms with E-state index < -0.39 is 5.97 Å². The van der Waals surface area contributed by atoms with Gasteiger partial charge < -0.3 is 9.64 Å². The van der Waals surface area contributed by atoms with Crippen molar-refractivity contribution in [3.63, 3.8) is 0 Å². The molecule has 1 aliphatic rings. The normalized spacial score (nSPS) is 13.2. The van der Waals surface area contributed by atoms with E-state index in [0.29, 0.717) is 24.0 Å². The van der Waals surface area contributed by atoms with Crippen LogP contribution in [0.15, 0.2) is 53.3 Å². The number of rotatable bonds is 5. The second-order valence-corrected chi connectivity index (χ2v) is 6.88. The molecule has 0 radical (unpaired) electrons. The Morgan fingerprint density at radius 1 is 1.03 bits per heavy atom. The minimum Gasteiger partial charge on any atom is -0.456 e. The first-order valence-electron chi connectivity index (χ1n) is 9.44. The van der Waals surface area contributed by atoms with Crippen molar-refractivity contribution in [3.05, 3.63) is 70.0 Å². The van der Waals surface area contributed by atoms with Gasteiger partial charge in [0, 0.05) is 13.1 Å². The Morgan fingerprint density at radius 2 is 1.79 bits per heavy atom. The number of fused-ring (bicyclic) bond motifs is 2. The van der Waals surface area contributed by atoms with Gasteiger partial charge in [-0.15, -0.1) is 5.10 Å². The molecular weight excluding hydrogens is 372 g/mol. The van der Waals surface area contributed by atoms with Crippen LogP contribution < -0.4 is 5.56 Å². The maximum absolute atomic E-state index is 12.4. The van der Waals surface area contributed by atoms with Crippen LogP contribution >= 0.6 is 0 Å². The second kappa shape index (κ2) is 8.22. The number of carbonyl (C=O) groups excluding carboxylic acids is 2. The minimum absolute atomic E-state index is 0.0424. The van der Waals surface area contributed by atoms with E-state index in [2.05, 4.69) is 16.4 Å². The summed E-state index contributed by atoms with van der Waals surface area (Å²) in [6.07, 6.45) is 0.725. The van der Waals surface area contributed by atoms with Gasteiger partial charge in [0.25, 0.3) is 11.5 Å². The van der Waals surface area contributed by atoms with Gasteiger partial charge in [0.05, 0.1) is 18.4 Å². The molecule has 8 heteroatoms. The molecule has 148 valence electrons. The van der Waals surface area contributed by atoms with Crippen LogP contribution in [0.5, 0.6) is 0 Å². The quantitative estimate of drug-likeness (QED) is 0.608. The van der Waals surface area contributed by atoms with Crippen LogP contribution in [0.1, 0.15) is 17.5 Å². The van der Waals surface area contributed by atoms with E-state index in [0.717, 1.165) is 16.7 Å². The summed E-state index contributed by atoms with van der Waals surface area (Å²) in [5, 5.41) is 8.25. The standard InChI is InChI=1S/C21H20N4O4/c26-19(24-11-9-15-5-1-2-6-16(15)13-24)14-29-20(27)10-12-25-21(28)17-7-3-4-8-18(17)22-23-25/h1-8H,9-14H2. The predicted molar refractivity (Wildman–Crippen MR) is 105 cm³/mol. The van der Waals surface area contributed by atoms with Gasteiger partial charge in [-0.2, -0.15) is 0 Å². The number of aromatic nitrogens is 3. The number of hydrogen-bond acceptors (Lipinski definition) is 6. The smallest absolute Gasteiger partial charge is 0.308 e. The summed E-state index contributed by atoms with van der Waals surface area (Å²) in [6, 6.07) is 14.9. The molecule has 4 rings (SSSR count). The monoisotopic (exact) mass is 392 g/mol. The average molecular weight is 392 g/mol. The molecule has 2 aromatic carbocycles. The lowest BCUT2D eigenvalue weighted by Gasteiger charge is -2.28. The highest BCUT2D eigenvalue weighted by molar-refractivity contribution is 5.81. The summed E-state index contributed by atoms with van der Waals surface area (Å²) in [5.74, 6) is -0.784. The van der Waals surface area contributed by atoms with Crippen LogP contribution in [-0.2, 0) is 33.8 Å². The Balaban J connectivity index is 1.29. The van der Waals surface area contributed by atoms with Crippen LogP contribution in [-0.4, -0.2) is 44.9 Å². The maximum Gasteiger partial charge on any atom is 0.308 e. The van der Waals surface area contributed by atoms with Gasteiger partial charge >= 0.3 is 5.97 Å². The van der Waals surface area contributed by atoms with E-state index in [-0.39, 0.29) is 31.0 Å². The lowest BCUT2D eigenvalue weighted by Crippen LogP contribution is -2.38. The fourth-order valence-corrected chi connectivity index (χ4v) is 3.38. The second-order valence-electron chi connectivity index (χ2n) is 6.88.